The van der Waals surface area contributed by atoms with Gasteiger partial charge in [-0.25, -0.2) is 9.94 Å². The summed E-state index contributed by atoms with van der Waals surface area (Å²) in [6, 6.07) is 13.2. The van der Waals surface area contributed by atoms with Crippen LogP contribution < -0.4 is 10.3 Å². The first-order valence-corrected chi connectivity index (χ1v) is 7.98. The van der Waals surface area contributed by atoms with Crippen LogP contribution in [0.1, 0.15) is 11.3 Å². The van der Waals surface area contributed by atoms with Gasteiger partial charge in [0.1, 0.15) is 11.5 Å². The molecule has 1 aromatic heterocycles. The number of rotatable bonds is 4. The molecule has 0 fully saturated rings. The van der Waals surface area contributed by atoms with Gasteiger partial charge in [0.2, 0.25) is 0 Å². The quantitative estimate of drug-likeness (QED) is 0.655. The number of hydrogen-bond donors (Lipinski definition) is 1. The van der Waals surface area contributed by atoms with Crippen molar-refractivity contribution in [3.63, 3.8) is 0 Å². The largest absolute Gasteiger partial charge is 0.454 e. The average Bonchev–Trinajstić information content (AvgIpc) is 2.61. The van der Waals surface area contributed by atoms with Gasteiger partial charge in [-0.05, 0) is 35.9 Å². The lowest BCUT2D eigenvalue weighted by Gasteiger charge is -2.11. The highest BCUT2D eigenvalue weighted by Gasteiger charge is 2.09. The highest BCUT2D eigenvalue weighted by Crippen LogP contribution is 2.36. The third-order valence-electron chi connectivity index (χ3n) is 3.38. The van der Waals surface area contributed by atoms with E-state index in [-0.39, 0.29) is 5.56 Å². The van der Waals surface area contributed by atoms with Crippen LogP contribution in [0.4, 0.5) is 5.69 Å². The van der Waals surface area contributed by atoms with Crippen molar-refractivity contribution in [2.24, 2.45) is 0 Å². The van der Waals surface area contributed by atoms with E-state index in [2.05, 4.69) is 15.0 Å². The maximum Gasteiger partial charge on any atom is 0.264 e. The molecule has 0 aliphatic heterocycles. The Bertz CT molecular complexity index is 1010. The standard InChI is InChI=1S/C18H11Cl2N3O2/c1-21-12-3-6-16(15(20)10-12)25-17-9-11(2-5-14(17)19)8-13-4-7-18(24)23-22-13/h2-7,9-10H,8H2,(H,23,24). The number of nitrogens with one attached hydrogen (secondary N) is 1. The smallest absolute Gasteiger partial charge is 0.264 e. The van der Waals surface area contributed by atoms with Gasteiger partial charge in [-0.3, -0.25) is 4.79 Å². The van der Waals surface area contributed by atoms with E-state index in [4.69, 9.17) is 34.5 Å². The van der Waals surface area contributed by atoms with Gasteiger partial charge in [-0.1, -0.05) is 35.3 Å². The zero-order valence-corrected chi connectivity index (χ0v) is 14.3. The molecule has 0 saturated heterocycles. The Balaban J connectivity index is 1.85. The molecule has 0 aliphatic rings. The van der Waals surface area contributed by atoms with E-state index in [1.54, 1.807) is 30.3 Å². The monoisotopic (exact) mass is 371 g/mol. The summed E-state index contributed by atoms with van der Waals surface area (Å²) in [5, 5.41) is 7.15. The van der Waals surface area contributed by atoms with Gasteiger partial charge < -0.3 is 4.74 Å². The van der Waals surface area contributed by atoms with E-state index in [9.17, 15) is 4.79 Å². The number of aromatic nitrogens is 2. The number of ether oxygens (including phenoxy) is 1. The van der Waals surface area contributed by atoms with Gasteiger partial charge in [0.05, 0.1) is 22.3 Å². The van der Waals surface area contributed by atoms with Crippen LogP contribution in [0.2, 0.25) is 10.0 Å². The number of aromatic amines is 1. The third-order valence-corrected chi connectivity index (χ3v) is 3.99. The number of benzene rings is 2. The molecular formula is C18H11Cl2N3O2. The molecular weight excluding hydrogens is 361 g/mol. The van der Waals surface area contributed by atoms with Crippen molar-refractivity contribution in [1.82, 2.24) is 10.2 Å². The Morgan fingerprint density at radius 2 is 1.88 bits per heavy atom. The van der Waals surface area contributed by atoms with Crippen molar-refractivity contribution in [1.29, 1.82) is 0 Å². The maximum atomic E-state index is 11.1. The lowest BCUT2D eigenvalue weighted by Crippen LogP contribution is -2.07. The Labute approximate surface area is 153 Å². The zero-order chi connectivity index (χ0) is 17.8. The topological polar surface area (TPSA) is 59.3 Å². The molecule has 0 saturated carbocycles. The van der Waals surface area contributed by atoms with Crippen LogP contribution >= 0.6 is 23.2 Å². The normalized spacial score (nSPS) is 10.3. The van der Waals surface area contributed by atoms with Crippen LogP contribution in [0.5, 0.6) is 11.5 Å². The van der Waals surface area contributed by atoms with Crippen molar-refractivity contribution in [2.75, 3.05) is 0 Å². The molecule has 0 atom stereocenters. The van der Waals surface area contributed by atoms with Crippen molar-refractivity contribution in [2.45, 2.75) is 6.42 Å². The number of halogens is 2. The van der Waals surface area contributed by atoms with Gasteiger partial charge in [0.15, 0.2) is 5.69 Å². The number of H-pyrrole nitrogens is 1. The molecule has 0 unspecified atom stereocenters. The van der Waals surface area contributed by atoms with E-state index in [1.165, 1.54) is 12.1 Å². The third kappa shape index (κ3) is 4.18. The van der Waals surface area contributed by atoms with Crippen LogP contribution in [0, 0.1) is 6.57 Å². The summed E-state index contributed by atoms with van der Waals surface area (Å²) in [5.74, 6) is 0.858. The maximum absolute atomic E-state index is 11.1. The minimum Gasteiger partial charge on any atom is -0.454 e. The van der Waals surface area contributed by atoms with Crippen molar-refractivity contribution in [3.05, 3.63) is 91.6 Å². The van der Waals surface area contributed by atoms with E-state index in [0.717, 1.165) is 5.56 Å². The predicted octanol–water partition coefficient (Wildman–Crippen LogP) is 5.01. The first-order chi connectivity index (χ1) is 12.0. The molecule has 0 amide bonds. The van der Waals surface area contributed by atoms with E-state index >= 15 is 0 Å². The van der Waals surface area contributed by atoms with Crippen molar-refractivity contribution < 1.29 is 4.74 Å². The van der Waals surface area contributed by atoms with Crippen LogP contribution in [0.3, 0.4) is 0 Å². The lowest BCUT2D eigenvalue weighted by atomic mass is 10.1. The molecule has 124 valence electrons. The minimum absolute atomic E-state index is 0.249. The van der Waals surface area contributed by atoms with Crippen LogP contribution in [-0.4, -0.2) is 10.2 Å². The Morgan fingerprint density at radius 3 is 2.56 bits per heavy atom. The molecule has 1 heterocycles. The van der Waals surface area contributed by atoms with Crippen molar-refractivity contribution in [3.8, 4) is 11.5 Å². The Morgan fingerprint density at radius 1 is 1.04 bits per heavy atom. The lowest BCUT2D eigenvalue weighted by molar-refractivity contribution is 0.482. The predicted molar refractivity (Wildman–Crippen MR) is 96.9 cm³/mol. The molecule has 0 spiro atoms. The summed E-state index contributed by atoms with van der Waals surface area (Å²) in [6.45, 7) is 6.99. The first-order valence-electron chi connectivity index (χ1n) is 7.23. The van der Waals surface area contributed by atoms with E-state index < -0.39 is 0 Å². The number of hydrogen-bond acceptors (Lipinski definition) is 3. The molecule has 3 rings (SSSR count). The van der Waals surface area contributed by atoms with E-state index in [0.29, 0.717) is 39.3 Å². The molecule has 0 bridgehead atoms. The summed E-state index contributed by atoms with van der Waals surface area (Å²) < 4.78 is 5.79. The molecule has 1 N–H and O–H groups in total. The molecule has 2 aromatic carbocycles. The van der Waals surface area contributed by atoms with E-state index in [1.807, 2.05) is 6.07 Å². The fourth-order valence-corrected chi connectivity index (χ4v) is 2.55. The minimum atomic E-state index is -0.249. The second-order valence-corrected chi connectivity index (χ2v) is 6.00. The molecule has 25 heavy (non-hydrogen) atoms. The summed E-state index contributed by atoms with van der Waals surface area (Å²) in [7, 11) is 0. The van der Waals surface area contributed by atoms with Gasteiger partial charge in [-0.2, -0.15) is 5.10 Å². The van der Waals surface area contributed by atoms with Gasteiger partial charge >= 0.3 is 0 Å². The number of nitrogens with zero attached hydrogens (tertiary/aromatic N) is 2. The SMILES string of the molecule is [C-]#[N+]c1ccc(Oc2cc(Cc3ccc(=O)[nH]n3)ccc2Cl)c(Cl)c1. The Kier molecular flexibility index (Phi) is 5.03. The Hall–Kier alpha value is -2.81. The van der Waals surface area contributed by atoms with Gasteiger partial charge in [0.25, 0.3) is 5.56 Å². The molecule has 7 heteroatoms. The van der Waals surface area contributed by atoms with Gasteiger partial charge in [-0.15, -0.1) is 0 Å². The fourth-order valence-electron chi connectivity index (χ4n) is 2.18. The molecule has 0 aliphatic carbocycles. The van der Waals surface area contributed by atoms with Crippen LogP contribution in [0.15, 0.2) is 53.3 Å². The summed E-state index contributed by atoms with van der Waals surface area (Å²) in [5.41, 5.74) is 1.81. The van der Waals surface area contributed by atoms with Crippen LogP contribution in [-0.2, 0) is 6.42 Å². The second-order valence-electron chi connectivity index (χ2n) is 5.18. The fraction of sp³-hybridized carbons (Fsp3) is 0.0556. The summed E-state index contributed by atoms with van der Waals surface area (Å²) in [6.07, 6.45) is 0.509. The van der Waals surface area contributed by atoms with Crippen molar-refractivity contribution >= 4 is 28.9 Å². The van der Waals surface area contributed by atoms with Crippen LogP contribution in [0.25, 0.3) is 4.85 Å². The molecule has 0 radical (unpaired) electrons. The second kappa shape index (κ2) is 7.39. The summed E-state index contributed by atoms with van der Waals surface area (Å²) >= 11 is 12.3. The average molecular weight is 372 g/mol. The highest BCUT2D eigenvalue weighted by molar-refractivity contribution is 6.33. The zero-order valence-electron chi connectivity index (χ0n) is 12.8. The highest BCUT2D eigenvalue weighted by atomic mass is 35.5. The first kappa shape index (κ1) is 17.0. The molecule has 5 nitrogen and oxygen atoms in total. The summed E-state index contributed by atoms with van der Waals surface area (Å²) in [4.78, 5) is 14.4. The van der Waals surface area contributed by atoms with Gasteiger partial charge in [0, 0.05) is 12.5 Å². The molecule has 3 aromatic rings.